The molecule has 0 bridgehead atoms. The first-order chi connectivity index (χ1) is 4.68. The molecule has 0 spiro atoms. The van der Waals surface area contributed by atoms with Crippen molar-refractivity contribution in [1.82, 2.24) is 4.57 Å². The number of nitrogens with zero attached hydrogens (tertiary/aromatic N) is 1. The minimum Gasteiger partial charge on any atom is -0.368 e. The molecule has 4 heteroatoms. The molecule has 0 aliphatic heterocycles. The number of nitrogens with two attached hydrogens (primary N) is 1. The average Bonchev–Trinajstić information content (AvgIpc) is 2.13. The number of hydrogen-bond acceptors (Lipinski definition) is 1. The molecule has 0 radical (unpaired) electrons. The van der Waals surface area contributed by atoms with Gasteiger partial charge in [0.05, 0.1) is 0 Å². The quantitative estimate of drug-likeness (QED) is 0.756. The van der Waals surface area contributed by atoms with Crippen LogP contribution in [0.25, 0.3) is 0 Å². The van der Waals surface area contributed by atoms with E-state index in [1.807, 2.05) is 6.07 Å². The van der Waals surface area contributed by atoms with Gasteiger partial charge in [0.1, 0.15) is 6.54 Å². The molecule has 0 aromatic carbocycles. The second kappa shape index (κ2) is 2.88. The fourth-order valence-electron chi connectivity index (χ4n) is 0.690. The van der Waals surface area contributed by atoms with E-state index in [0.717, 1.165) is 4.47 Å². The fraction of sp³-hybridized carbons (Fsp3) is 0.167. The summed E-state index contributed by atoms with van der Waals surface area (Å²) < 4.78 is 2.67. The van der Waals surface area contributed by atoms with Crippen molar-refractivity contribution in [3.8, 4) is 0 Å². The Kier molecular flexibility index (Phi) is 2.11. The van der Waals surface area contributed by atoms with Crippen molar-refractivity contribution in [2.75, 3.05) is 0 Å². The van der Waals surface area contributed by atoms with Gasteiger partial charge in [-0.25, -0.2) is 0 Å². The zero-order chi connectivity index (χ0) is 7.56. The Bertz CT molecular complexity index is 244. The molecular formula is C6H7BrN2O. The molecule has 1 amide bonds. The van der Waals surface area contributed by atoms with Crippen LogP contribution in [-0.4, -0.2) is 10.5 Å². The normalized spacial score (nSPS) is 9.70. The molecule has 0 saturated carbocycles. The summed E-state index contributed by atoms with van der Waals surface area (Å²) in [4.78, 5) is 10.4. The van der Waals surface area contributed by atoms with Crippen LogP contribution in [-0.2, 0) is 11.3 Å². The first-order valence-corrected chi connectivity index (χ1v) is 3.57. The lowest BCUT2D eigenvalue weighted by Gasteiger charge is -1.94. The molecule has 0 atom stereocenters. The third-order valence-electron chi connectivity index (χ3n) is 1.05. The van der Waals surface area contributed by atoms with Crippen molar-refractivity contribution < 1.29 is 4.79 Å². The predicted molar refractivity (Wildman–Crippen MR) is 41.3 cm³/mol. The largest absolute Gasteiger partial charge is 0.368 e. The number of carbonyl (C=O) groups excluding carboxylic acids is 1. The van der Waals surface area contributed by atoms with E-state index in [1.165, 1.54) is 0 Å². The zero-order valence-electron chi connectivity index (χ0n) is 5.25. The second-order valence-electron chi connectivity index (χ2n) is 1.97. The third kappa shape index (κ3) is 1.88. The van der Waals surface area contributed by atoms with Crippen LogP contribution in [0, 0.1) is 0 Å². The van der Waals surface area contributed by atoms with Crippen LogP contribution in [0.2, 0.25) is 0 Å². The smallest absolute Gasteiger partial charge is 0.237 e. The standard InChI is InChI=1S/C6H7BrN2O/c7-5-1-2-9(3-5)4-6(8)10/h1-3H,4H2,(H2,8,10). The number of aromatic nitrogens is 1. The van der Waals surface area contributed by atoms with Gasteiger partial charge in [0.15, 0.2) is 0 Å². The molecule has 0 saturated heterocycles. The Morgan fingerprint density at radius 1 is 1.80 bits per heavy atom. The molecule has 54 valence electrons. The molecule has 0 aliphatic carbocycles. The third-order valence-corrected chi connectivity index (χ3v) is 1.52. The summed E-state index contributed by atoms with van der Waals surface area (Å²) in [6.45, 7) is 0.242. The lowest BCUT2D eigenvalue weighted by Crippen LogP contribution is -2.17. The van der Waals surface area contributed by atoms with Gasteiger partial charge in [0, 0.05) is 16.9 Å². The summed E-state index contributed by atoms with van der Waals surface area (Å²) in [6, 6.07) is 1.85. The van der Waals surface area contributed by atoms with Crippen molar-refractivity contribution in [1.29, 1.82) is 0 Å². The van der Waals surface area contributed by atoms with Crippen molar-refractivity contribution in [2.24, 2.45) is 5.73 Å². The Hall–Kier alpha value is -0.770. The predicted octanol–water partition coefficient (Wildman–Crippen LogP) is 0.736. The van der Waals surface area contributed by atoms with Gasteiger partial charge >= 0.3 is 0 Å². The number of amides is 1. The van der Waals surface area contributed by atoms with Crippen molar-refractivity contribution in [2.45, 2.75) is 6.54 Å². The summed E-state index contributed by atoms with van der Waals surface area (Å²) in [6.07, 6.45) is 3.58. The Balaban J connectivity index is 2.67. The SMILES string of the molecule is NC(=O)Cn1ccc(Br)c1. The van der Waals surface area contributed by atoms with Crippen molar-refractivity contribution in [3.05, 3.63) is 22.9 Å². The summed E-state index contributed by atoms with van der Waals surface area (Å²) in [5.74, 6) is -0.330. The zero-order valence-corrected chi connectivity index (χ0v) is 6.84. The first kappa shape index (κ1) is 7.34. The van der Waals surface area contributed by atoms with Crippen LogP contribution in [0.3, 0.4) is 0 Å². The van der Waals surface area contributed by atoms with Gasteiger partial charge in [-0.1, -0.05) is 0 Å². The second-order valence-corrected chi connectivity index (χ2v) is 2.88. The van der Waals surface area contributed by atoms with Crippen LogP contribution in [0.15, 0.2) is 22.9 Å². The Morgan fingerprint density at radius 2 is 2.50 bits per heavy atom. The number of primary amides is 1. The number of hydrogen-bond donors (Lipinski definition) is 1. The maximum atomic E-state index is 10.4. The van der Waals surface area contributed by atoms with Gasteiger partial charge in [0.2, 0.25) is 5.91 Å². The van der Waals surface area contributed by atoms with Crippen LogP contribution >= 0.6 is 15.9 Å². The van der Waals surface area contributed by atoms with Crippen molar-refractivity contribution >= 4 is 21.8 Å². The summed E-state index contributed by atoms with van der Waals surface area (Å²) in [5, 5.41) is 0. The summed E-state index contributed by atoms with van der Waals surface area (Å²) >= 11 is 3.25. The number of halogens is 1. The van der Waals surface area contributed by atoms with Crippen molar-refractivity contribution in [3.63, 3.8) is 0 Å². The molecule has 0 fully saturated rings. The highest BCUT2D eigenvalue weighted by Crippen LogP contribution is 2.08. The van der Waals surface area contributed by atoms with E-state index < -0.39 is 0 Å². The van der Waals surface area contributed by atoms with E-state index in [2.05, 4.69) is 15.9 Å². The van der Waals surface area contributed by atoms with E-state index in [1.54, 1.807) is 17.0 Å². The monoisotopic (exact) mass is 202 g/mol. The lowest BCUT2D eigenvalue weighted by molar-refractivity contribution is -0.118. The molecular weight excluding hydrogens is 196 g/mol. The van der Waals surface area contributed by atoms with Crippen LogP contribution in [0.1, 0.15) is 0 Å². The minimum absolute atomic E-state index is 0.242. The van der Waals surface area contributed by atoms with Gasteiger partial charge in [-0.2, -0.15) is 0 Å². The van der Waals surface area contributed by atoms with Gasteiger partial charge in [0.25, 0.3) is 0 Å². The molecule has 2 N–H and O–H groups in total. The first-order valence-electron chi connectivity index (χ1n) is 2.78. The topological polar surface area (TPSA) is 48.0 Å². The number of carbonyl (C=O) groups is 1. The van der Waals surface area contributed by atoms with Crippen LogP contribution < -0.4 is 5.73 Å². The lowest BCUT2D eigenvalue weighted by atomic mass is 10.6. The van der Waals surface area contributed by atoms with Crippen LogP contribution in [0.5, 0.6) is 0 Å². The minimum atomic E-state index is -0.330. The molecule has 3 nitrogen and oxygen atoms in total. The van der Waals surface area contributed by atoms with Gasteiger partial charge < -0.3 is 10.3 Å². The highest BCUT2D eigenvalue weighted by molar-refractivity contribution is 9.10. The molecule has 10 heavy (non-hydrogen) atoms. The van der Waals surface area contributed by atoms with Crippen LogP contribution in [0.4, 0.5) is 0 Å². The maximum absolute atomic E-state index is 10.4. The molecule has 1 heterocycles. The van der Waals surface area contributed by atoms with Gasteiger partial charge in [-0.05, 0) is 22.0 Å². The Labute approximate surface area is 66.9 Å². The summed E-state index contributed by atoms with van der Waals surface area (Å²) in [5.41, 5.74) is 4.96. The molecule has 1 aromatic rings. The number of rotatable bonds is 2. The Morgan fingerprint density at radius 3 is 2.90 bits per heavy atom. The summed E-state index contributed by atoms with van der Waals surface area (Å²) in [7, 11) is 0. The van der Waals surface area contributed by atoms with Gasteiger partial charge in [-0.3, -0.25) is 4.79 Å². The van der Waals surface area contributed by atoms with E-state index in [0.29, 0.717) is 0 Å². The fourth-order valence-corrected chi connectivity index (χ4v) is 1.07. The molecule has 1 aromatic heterocycles. The highest BCUT2D eigenvalue weighted by Gasteiger charge is 1.95. The van der Waals surface area contributed by atoms with Gasteiger partial charge in [-0.15, -0.1) is 0 Å². The average molecular weight is 203 g/mol. The molecule has 0 unspecified atom stereocenters. The molecule has 1 rings (SSSR count). The maximum Gasteiger partial charge on any atom is 0.237 e. The van der Waals surface area contributed by atoms with E-state index in [-0.39, 0.29) is 12.5 Å². The highest BCUT2D eigenvalue weighted by atomic mass is 79.9. The van der Waals surface area contributed by atoms with E-state index in [9.17, 15) is 4.79 Å². The van der Waals surface area contributed by atoms with E-state index >= 15 is 0 Å². The van der Waals surface area contributed by atoms with E-state index in [4.69, 9.17) is 5.73 Å². The molecule has 0 aliphatic rings.